The number of nitrogens with one attached hydrogen (secondary N) is 1. The lowest BCUT2D eigenvalue weighted by Gasteiger charge is -2.28. The van der Waals surface area contributed by atoms with Crippen LogP contribution in [0.5, 0.6) is 0 Å². The van der Waals surface area contributed by atoms with Crippen molar-refractivity contribution in [3.63, 3.8) is 0 Å². The predicted molar refractivity (Wildman–Crippen MR) is 74.3 cm³/mol. The van der Waals surface area contributed by atoms with Crippen molar-refractivity contribution in [2.75, 3.05) is 5.75 Å². The van der Waals surface area contributed by atoms with Gasteiger partial charge in [0.15, 0.2) is 0 Å². The predicted octanol–water partition coefficient (Wildman–Crippen LogP) is 2.67. The van der Waals surface area contributed by atoms with Gasteiger partial charge in [-0.2, -0.15) is 0 Å². The Morgan fingerprint density at radius 1 is 1.67 bits per heavy atom. The number of carboxylic acids is 1. The highest BCUT2D eigenvalue weighted by Crippen LogP contribution is 2.27. The molecule has 0 aliphatic carbocycles. The first-order valence-corrected chi connectivity index (χ1v) is 6.96. The van der Waals surface area contributed by atoms with Crippen LogP contribution in [-0.4, -0.2) is 33.4 Å². The second-order valence-electron chi connectivity index (χ2n) is 4.52. The third-order valence-electron chi connectivity index (χ3n) is 2.30. The lowest BCUT2D eigenvalue weighted by atomic mass is 10.1. The van der Waals surface area contributed by atoms with Gasteiger partial charge in [0.25, 0.3) is 0 Å². The number of carboxylic acid groups (broad SMARTS) is 1. The Labute approximate surface area is 116 Å². The number of aromatic nitrogens is 1. The van der Waals surface area contributed by atoms with E-state index in [2.05, 4.69) is 10.3 Å². The molecule has 0 amide bonds. The minimum Gasteiger partial charge on any atom is -0.480 e. The molecule has 1 aromatic rings. The van der Waals surface area contributed by atoms with Gasteiger partial charge in [0, 0.05) is 18.0 Å². The molecule has 0 saturated heterocycles. The molecule has 1 unspecified atom stereocenters. The maximum Gasteiger partial charge on any atom is 0.324 e. The molecule has 1 rings (SSSR count). The van der Waals surface area contributed by atoms with Gasteiger partial charge < -0.3 is 5.11 Å². The zero-order valence-corrected chi connectivity index (χ0v) is 12.2. The third kappa shape index (κ3) is 4.15. The fourth-order valence-corrected chi connectivity index (χ4v) is 2.75. The molecule has 0 aliphatic heterocycles. The molecule has 1 heterocycles. The lowest BCUT2D eigenvalue weighted by molar-refractivity contribution is -0.143. The number of rotatable bonds is 6. The smallest absolute Gasteiger partial charge is 0.324 e. The van der Waals surface area contributed by atoms with Gasteiger partial charge in [0.1, 0.15) is 10.6 Å². The van der Waals surface area contributed by atoms with Crippen LogP contribution in [0.3, 0.4) is 0 Å². The molecular formula is C12H17ClN2O2S. The summed E-state index contributed by atoms with van der Waals surface area (Å²) in [5.41, 5.74) is -1.00. The minimum absolute atomic E-state index is 0.0888. The van der Waals surface area contributed by atoms with Crippen molar-refractivity contribution < 1.29 is 9.90 Å². The first-order chi connectivity index (χ1) is 8.35. The first kappa shape index (κ1) is 15.3. The van der Waals surface area contributed by atoms with Crippen molar-refractivity contribution >= 4 is 29.3 Å². The quantitative estimate of drug-likeness (QED) is 0.788. The van der Waals surface area contributed by atoms with Gasteiger partial charge in [-0.3, -0.25) is 10.1 Å². The van der Waals surface area contributed by atoms with Crippen LogP contribution >= 0.6 is 23.4 Å². The standard InChI is InChI=1S/C12H17ClN2O2S/c1-8(2)15-12(3,11(16)17)7-18-10-9(13)5-4-6-14-10/h4-6,8,15H,7H2,1-3H3,(H,16,17). The molecule has 1 aromatic heterocycles. The van der Waals surface area contributed by atoms with Gasteiger partial charge in [0.05, 0.1) is 5.02 Å². The summed E-state index contributed by atoms with van der Waals surface area (Å²) in [5, 5.41) is 13.5. The van der Waals surface area contributed by atoms with Gasteiger partial charge >= 0.3 is 5.97 Å². The molecule has 0 saturated carbocycles. The third-order valence-corrected chi connectivity index (χ3v) is 4.04. The van der Waals surface area contributed by atoms with Crippen LogP contribution < -0.4 is 5.32 Å². The number of aliphatic carboxylic acids is 1. The summed E-state index contributed by atoms with van der Waals surface area (Å²) in [5.74, 6) is -0.521. The van der Waals surface area contributed by atoms with Crippen LogP contribution in [0.2, 0.25) is 5.02 Å². The Morgan fingerprint density at radius 3 is 2.83 bits per heavy atom. The van der Waals surface area contributed by atoms with E-state index in [4.69, 9.17) is 11.6 Å². The average Bonchev–Trinajstić information content (AvgIpc) is 2.27. The minimum atomic E-state index is -1.00. The zero-order valence-electron chi connectivity index (χ0n) is 10.6. The summed E-state index contributed by atoms with van der Waals surface area (Å²) in [6.45, 7) is 5.50. The van der Waals surface area contributed by atoms with E-state index in [1.807, 2.05) is 13.8 Å². The van der Waals surface area contributed by atoms with Crippen LogP contribution in [0.4, 0.5) is 0 Å². The van der Waals surface area contributed by atoms with Crippen LogP contribution in [0.25, 0.3) is 0 Å². The molecule has 0 bridgehead atoms. The molecule has 0 aromatic carbocycles. The van der Waals surface area contributed by atoms with Gasteiger partial charge in [-0.15, -0.1) is 11.8 Å². The number of pyridine rings is 1. The molecule has 2 N–H and O–H groups in total. The van der Waals surface area contributed by atoms with E-state index in [-0.39, 0.29) is 6.04 Å². The van der Waals surface area contributed by atoms with E-state index >= 15 is 0 Å². The second kappa shape index (κ2) is 6.41. The fourth-order valence-electron chi connectivity index (χ4n) is 1.49. The largest absolute Gasteiger partial charge is 0.480 e. The number of hydrogen-bond donors (Lipinski definition) is 2. The maximum atomic E-state index is 11.3. The number of halogens is 1. The Morgan fingerprint density at radius 2 is 2.33 bits per heavy atom. The van der Waals surface area contributed by atoms with E-state index in [1.54, 1.807) is 25.3 Å². The molecule has 0 radical (unpaired) electrons. The highest BCUT2D eigenvalue weighted by Gasteiger charge is 2.33. The van der Waals surface area contributed by atoms with Crippen molar-refractivity contribution in [2.24, 2.45) is 0 Å². The zero-order chi connectivity index (χ0) is 13.8. The normalized spacial score (nSPS) is 14.5. The van der Waals surface area contributed by atoms with E-state index in [1.165, 1.54) is 11.8 Å². The summed E-state index contributed by atoms with van der Waals surface area (Å²) < 4.78 is 0. The van der Waals surface area contributed by atoms with Crippen LogP contribution in [0, 0.1) is 0 Å². The Bertz CT molecular complexity index is 428. The van der Waals surface area contributed by atoms with Crippen LogP contribution in [-0.2, 0) is 4.79 Å². The van der Waals surface area contributed by atoms with E-state index in [0.29, 0.717) is 15.8 Å². The number of thioether (sulfide) groups is 1. The molecule has 0 spiro atoms. The molecule has 4 nitrogen and oxygen atoms in total. The van der Waals surface area contributed by atoms with Gasteiger partial charge in [-0.1, -0.05) is 11.6 Å². The summed E-state index contributed by atoms with van der Waals surface area (Å²) >= 11 is 7.33. The van der Waals surface area contributed by atoms with Crippen molar-refractivity contribution in [1.82, 2.24) is 10.3 Å². The van der Waals surface area contributed by atoms with E-state index < -0.39 is 11.5 Å². The van der Waals surface area contributed by atoms with Gasteiger partial charge in [-0.25, -0.2) is 4.98 Å². The SMILES string of the molecule is CC(C)NC(C)(CSc1ncccc1Cl)C(=O)O. The van der Waals surface area contributed by atoms with Crippen molar-refractivity contribution in [3.8, 4) is 0 Å². The van der Waals surface area contributed by atoms with Crippen molar-refractivity contribution in [2.45, 2.75) is 37.4 Å². The van der Waals surface area contributed by atoms with Crippen molar-refractivity contribution in [1.29, 1.82) is 0 Å². The molecule has 100 valence electrons. The molecule has 18 heavy (non-hydrogen) atoms. The summed E-state index contributed by atoms with van der Waals surface area (Å²) in [6, 6.07) is 3.57. The summed E-state index contributed by atoms with van der Waals surface area (Å²) in [6.07, 6.45) is 1.64. The maximum absolute atomic E-state index is 11.3. The van der Waals surface area contributed by atoms with Crippen molar-refractivity contribution in [3.05, 3.63) is 23.4 Å². The van der Waals surface area contributed by atoms with Crippen LogP contribution in [0.1, 0.15) is 20.8 Å². The van der Waals surface area contributed by atoms with Crippen LogP contribution in [0.15, 0.2) is 23.4 Å². The Kier molecular flexibility index (Phi) is 5.44. The average molecular weight is 289 g/mol. The number of hydrogen-bond acceptors (Lipinski definition) is 4. The highest BCUT2D eigenvalue weighted by atomic mass is 35.5. The second-order valence-corrected chi connectivity index (χ2v) is 5.89. The van der Waals surface area contributed by atoms with E-state index in [0.717, 1.165) is 0 Å². The monoisotopic (exact) mass is 288 g/mol. The fraction of sp³-hybridized carbons (Fsp3) is 0.500. The molecule has 6 heteroatoms. The number of carbonyl (C=O) groups is 1. The number of nitrogens with zero attached hydrogens (tertiary/aromatic N) is 1. The van der Waals surface area contributed by atoms with Gasteiger partial charge in [0.2, 0.25) is 0 Å². The van der Waals surface area contributed by atoms with Gasteiger partial charge in [-0.05, 0) is 32.9 Å². The van der Waals surface area contributed by atoms with E-state index in [9.17, 15) is 9.90 Å². The molecule has 0 fully saturated rings. The highest BCUT2D eigenvalue weighted by molar-refractivity contribution is 7.99. The first-order valence-electron chi connectivity index (χ1n) is 5.59. The summed E-state index contributed by atoms with van der Waals surface area (Å²) in [4.78, 5) is 15.5. The summed E-state index contributed by atoms with van der Waals surface area (Å²) in [7, 11) is 0. The topological polar surface area (TPSA) is 62.2 Å². The lowest BCUT2D eigenvalue weighted by Crippen LogP contribution is -2.54. The Balaban J connectivity index is 2.75. The molecule has 0 aliphatic rings. The molecule has 1 atom stereocenters. The molecular weight excluding hydrogens is 272 g/mol. The Hall–Kier alpha value is -0.780.